The van der Waals surface area contributed by atoms with Crippen molar-refractivity contribution in [2.24, 2.45) is 0 Å². The maximum absolute atomic E-state index is 10.6. The number of hydrogen-bond acceptors (Lipinski definition) is 2. The van der Waals surface area contributed by atoms with Crippen LogP contribution in [0.15, 0.2) is 24.3 Å². The summed E-state index contributed by atoms with van der Waals surface area (Å²) in [5, 5.41) is 18.0. The Hall–Kier alpha value is -1.35. The standard InChI is InChI=1S/C13H16O3/c14-12(13(15)16)11-7-5-10(6-8-11)9-3-1-2-4-9/h5-9,12,14H,1-4H2,(H,15,16)/t12-/m0/s1. The largest absolute Gasteiger partial charge is 0.479 e. The van der Waals surface area contributed by atoms with E-state index in [0.717, 1.165) is 0 Å². The molecule has 1 aromatic carbocycles. The normalized spacial score (nSPS) is 18.6. The Kier molecular flexibility index (Phi) is 3.25. The van der Waals surface area contributed by atoms with Gasteiger partial charge in [0, 0.05) is 0 Å². The van der Waals surface area contributed by atoms with Crippen LogP contribution >= 0.6 is 0 Å². The molecule has 0 radical (unpaired) electrons. The topological polar surface area (TPSA) is 57.5 Å². The van der Waals surface area contributed by atoms with E-state index in [9.17, 15) is 9.90 Å². The molecule has 1 aromatic rings. The lowest BCUT2D eigenvalue weighted by Gasteiger charge is -2.11. The number of benzene rings is 1. The van der Waals surface area contributed by atoms with Gasteiger partial charge in [-0.15, -0.1) is 0 Å². The molecule has 1 aliphatic carbocycles. The van der Waals surface area contributed by atoms with Crippen molar-refractivity contribution in [1.29, 1.82) is 0 Å². The number of aliphatic hydroxyl groups is 1. The molecule has 0 heterocycles. The van der Waals surface area contributed by atoms with Crippen LogP contribution in [-0.4, -0.2) is 16.2 Å². The van der Waals surface area contributed by atoms with Gasteiger partial charge < -0.3 is 10.2 Å². The molecule has 0 amide bonds. The van der Waals surface area contributed by atoms with Gasteiger partial charge in [-0.05, 0) is 29.9 Å². The third kappa shape index (κ3) is 2.25. The van der Waals surface area contributed by atoms with Gasteiger partial charge in [-0.2, -0.15) is 0 Å². The molecular formula is C13H16O3. The number of rotatable bonds is 3. The summed E-state index contributed by atoms with van der Waals surface area (Å²) in [6.07, 6.45) is 3.60. The van der Waals surface area contributed by atoms with E-state index in [-0.39, 0.29) is 0 Å². The fourth-order valence-corrected chi connectivity index (χ4v) is 2.35. The molecule has 0 spiro atoms. The van der Waals surface area contributed by atoms with E-state index < -0.39 is 12.1 Å². The molecule has 86 valence electrons. The number of aliphatic hydroxyl groups excluding tert-OH is 1. The first-order chi connectivity index (χ1) is 7.68. The van der Waals surface area contributed by atoms with E-state index in [1.807, 2.05) is 12.1 Å². The van der Waals surface area contributed by atoms with Crippen molar-refractivity contribution in [2.45, 2.75) is 37.7 Å². The highest BCUT2D eigenvalue weighted by Crippen LogP contribution is 2.34. The van der Waals surface area contributed by atoms with Crippen molar-refractivity contribution < 1.29 is 15.0 Å². The van der Waals surface area contributed by atoms with Crippen molar-refractivity contribution >= 4 is 5.97 Å². The highest BCUT2D eigenvalue weighted by molar-refractivity contribution is 5.73. The average Bonchev–Trinajstić information content (AvgIpc) is 2.81. The first kappa shape index (κ1) is 11.1. The summed E-state index contributed by atoms with van der Waals surface area (Å²) >= 11 is 0. The molecule has 0 saturated heterocycles. The predicted molar refractivity (Wildman–Crippen MR) is 60.2 cm³/mol. The lowest BCUT2D eigenvalue weighted by atomic mass is 9.96. The number of carboxylic acids is 1. The molecule has 2 rings (SSSR count). The van der Waals surface area contributed by atoms with Gasteiger partial charge in [-0.3, -0.25) is 0 Å². The highest BCUT2D eigenvalue weighted by atomic mass is 16.4. The molecule has 3 heteroatoms. The van der Waals surface area contributed by atoms with Crippen LogP contribution in [0, 0.1) is 0 Å². The second kappa shape index (κ2) is 4.66. The van der Waals surface area contributed by atoms with Crippen LogP contribution in [0.25, 0.3) is 0 Å². The molecule has 1 saturated carbocycles. The van der Waals surface area contributed by atoms with E-state index in [0.29, 0.717) is 11.5 Å². The Morgan fingerprint density at radius 1 is 1.19 bits per heavy atom. The zero-order valence-corrected chi connectivity index (χ0v) is 9.10. The van der Waals surface area contributed by atoms with Crippen LogP contribution < -0.4 is 0 Å². The van der Waals surface area contributed by atoms with E-state index in [2.05, 4.69) is 0 Å². The quantitative estimate of drug-likeness (QED) is 0.822. The van der Waals surface area contributed by atoms with Crippen molar-refractivity contribution in [3.63, 3.8) is 0 Å². The molecule has 1 fully saturated rings. The second-order valence-electron chi connectivity index (χ2n) is 4.39. The maximum atomic E-state index is 10.6. The number of carbonyl (C=O) groups is 1. The third-order valence-corrected chi connectivity index (χ3v) is 3.31. The van der Waals surface area contributed by atoms with E-state index in [1.54, 1.807) is 12.1 Å². The Morgan fingerprint density at radius 3 is 2.25 bits per heavy atom. The van der Waals surface area contributed by atoms with Crippen molar-refractivity contribution in [1.82, 2.24) is 0 Å². The van der Waals surface area contributed by atoms with E-state index in [1.165, 1.54) is 31.2 Å². The molecule has 0 unspecified atom stereocenters. The summed E-state index contributed by atoms with van der Waals surface area (Å²) in [7, 11) is 0. The lowest BCUT2D eigenvalue weighted by molar-refractivity contribution is -0.146. The Bertz CT molecular complexity index is 363. The minimum Gasteiger partial charge on any atom is -0.479 e. The van der Waals surface area contributed by atoms with Crippen LogP contribution in [0.4, 0.5) is 0 Å². The van der Waals surface area contributed by atoms with Gasteiger partial charge in [0.05, 0.1) is 0 Å². The number of hydrogen-bond donors (Lipinski definition) is 2. The summed E-state index contributed by atoms with van der Waals surface area (Å²) < 4.78 is 0. The smallest absolute Gasteiger partial charge is 0.337 e. The summed E-state index contributed by atoms with van der Waals surface area (Å²) in [4.78, 5) is 10.6. The van der Waals surface area contributed by atoms with Crippen LogP contribution in [0.1, 0.15) is 48.8 Å². The van der Waals surface area contributed by atoms with Gasteiger partial charge in [0.2, 0.25) is 0 Å². The fraction of sp³-hybridized carbons (Fsp3) is 0.462. The number of carboxylic acid groups (broad SMARTS) is 1. The number of aliphatic carboxylic acids is 1. The SMILES string of the molecule is O=C(O)[C@@H](O)c1ccc(C2CCCC2)cc1. The predicted octanol–water partition coefficient (Wildman–Crippen LogP) is 2.46. The molecule has 3 nitrogen and oxygen atoms in total. The van der Waals surface area contributed by atoms with Gasteiger partial charge >= 0.3 is 5.97 Å². The van der Waals surface area contributed by atoms with E-state index in [4.69, 9.17) is 5.11 Å². The van der Waals surface area contributed by atoms with Crippen LogP contribution in [0.5, 0.6) is 0 Å². The molecule has 0 aromatic heterocycles. The minimum atomic E-state index is -1.40. The average molecular weight is 220 g/mol. The third-order valence-electron chi connectivity index (χ3n) is 3.31. The monoisotopic (exact) mass is 220 g/mol. The summed E-state index contributed by atoms with van der Waals surface area (Å²) in [6.45, 7) is 0. The Balaban J connectivity index is 2.12. The molecule has 0 bridgehead atoms. The maximum Gasteiger partial charge on any atom is 0.337 e. The second-order valence-corrected chi connectivity index (χ2v) is 4.39. The molecular weight excluding hydrogens is 204 g/mol. The van der Waals surface area contributed by atoms with Gasteiger partial charge in [-0.25, -0.2) is 4.79 Å². The van der Waals surface area contributed by atoms with Crippen LogP contribution in [0.3, 0.4) is 0 Å². The van der Waals surface area contributed by atoms with Crippen LogP contribution in [0.2, 0.25) is 0 Å². The van der Waals surface area contributed by atoms with Gasteiger partial charge in [0.25, 0.3) is 0 Å². The van der Waals surface area contributed by atoms with Crippen molar-refractivity contribution in [3.8, 4) is 0 Å². The molecule has 1 aliphatic rings. The van der Waals surface area contributed by atoms with Gasteiger partial charge in [0.15, 0.2) is 6.10 Å². The molecule has 16 heavy (non-hydrogen) atoms. The Morgan fingerprint density at radius 2 is 1.75 bits per heavy atom. The first-order valence-electron chi connectivity index (χ1n) is 5.69. The van der Waals surface area contributed by atoms with Crippen molar-refractivity contribution in [2.75, 3.05) is 0 Å². The minimum absolute atomic E-state index is 0.453. The molecule has 2 N–H and O–H groups in total. The van der Waals surface area contributed by atoms with Gasteiger partial charge in [0.1, 0.15) is 0 Å². The van der Waals surface area contributed by atoms with Crippen molar-refractivity contribution in [3.05, 3.63) is 35.4 Å². The lowest BCUT2D eigenvalue weighted by Crippen LogP contribution is -2.10. The Labute approximate surface area is 94.7 Å². The summed E-state index contributed by atoms with van der Waals surface area (Å²) in [5.74, 6) is -0.579. The molecule has 1 atom stereocenters. The summed E-state index contributed by atoms with van der Waals surface area (Å²) in [6, 6.07) is 7.31. The fourth-order valence-electron chi connectivity index (χ4n) is 2.35. The zero-order chi connectivity index (χ0) is 11.5. The summed E-state index contributed by atoms with van der Waals surface area (Å²) in [5.41, 5.74) is 1.72. The van der Waals surface area contributed by atoms with Gasteiger partial charge in [-0.1, -0.05) is 37.1 Å². The first-order valence-corrected chi connectivity index (χ1v) is 5.69. The van der Waals surface area contributed by atoms with E-state index >= 15 is 0 Å². The molecule has 0 aliphatic heterocycles. The zero-order valence-electron chi connectivity index (χ0n) is 9.10. The van der Waals surface area contributed by atoms with Crippen LogP contribution in [-0.2, 0) is 4.79 Å². The highest BCUT2D eigenvalue weighted by Gasteiger charge is 2.19.